The molecule has 0 amide bonds. The van der Waals surface area contributed by atoms with Crippen molar-refractivity contribution < 1.29 is 18.8 Å². The number of anilines is 1. The molecule has 2 aliphatic heterocycles. The van der Waals surface area contributed by atoms with Gasteiger partial charge < -0.3 is 18.9 Å². The lowest BCUT2D eigenvalue weighted by molar-refractivity contribution is -0.120. The topological polar surface area (TPSA) is 77.7 Å². The Kier molecular flexibility index (Phi) is 6.31. The van der Waals surface area contributed by atoms with Gasteiger partial charge in [-0.1, -0.05) is 45.8 Å². The van der Waals surface area contributed by atoms with Crippen LogP contribution in [0.25, 0.3) is 21.5 Å². The summed E-state index contributed by atoms with van der Waals surface area (Å²) in [6.45, 7) is 0.879. The van der Waals surface area contributed by atoms with Crippen molar-refractivity contribution in [3.05, 3.63) is 57.8 Å². The monoisotopic (exact) mass is 569 g/mol. The fourth-order valence-corrected chi connectivity index (χ4v) is 7.67. The Hall–Kier alpha value is -2.65. The molecule has 196 valence electrons. The van der Waals surface area contributed by atoms with Crippen LogP contribution in [0.2, 0.25) is 10.0 Å². The van der Waals surface area contributed by atoms with Crippen molar-refractivity contribution in [3.8, 4) is 17.0 Å². The van der Waals surface area contributed by atoms with Gasteiger partial charge in [0.05, 0.1) is 33.0 Å². The van der Waals surface area contributed by atoms with Crippen LogP contribution in [0.5, 0.6) is 5.75 Å². The third kappa shape index (κ3) is 4.37. The van der Waals surface area contributed by atoms with Gasteiger partial charge in [-0.15, -0.1) is 0 Å². The number of ether oxygens (including phenoxy) is 2. The zero-order valence-electron chi connectivity index (χ0n) is 20.4. The molecule has 1 aliphatic carbocycles. The summed E-state index contributed by atoms with van der Waals surface area (Å²) in [7, 11) is 0. The van der Waals surface area contributed by atoms with Gasteiger partial charge in [-0.2, -0.15) is 0 Å². The van der Waals surface area contributed by atoms with E-state index in [1.807, 2.05) is 30.3 Å². The molecule has 3 fully saturated rings. The highest BCUT2D eigenvalue weighted by Crippen LogP contribution is 2.47. The highest BCUT2D eigenvalue weighted by molar-refractivity contribution is 7.22. The molecule has 1 unspecified atom stereocenters. The number of aromatic nitrogens is 2. The number of carbonyl (C=O) groups is 1. The van der Waals surface area contributed by atoms with E-state index < -0.39 is 0 Å². The molecule has 2 aromatic heterocycles. The maximum atomic E-state index is 10.7. The molecule has 0 spiro atoms. The molecule has 4 aromatic rings. The first-order valence-corrected chi connectivity index (χ1v) is 14.5. The summed E-state index contributed by atoms with van der Waals surface area (Å²) in [6, 6.07) is 11.8. The Morgan fingerprint density at radius 2 is 1.84 bits per heavy atom. The van der Waals surface area contributed by atoms with E-state index in [0.717, 1.165) is 65.2 Å². The first kappa shape index (κ1) is 24.4. The molecule has 38 heavy (non-hydrogen) atoms. The van der Waals surface area contributed by atoms with Crippen molar-refractivity contribution in [1.29, 1.82) is 0 Å². The largest absolute Gasteiger partial charge is 0.429 e. The Balaban J connectivity index is 1.09. The fraction of sp³-hybridized carbons (Fsp3) is 0.393. The molecule has 7 rings (SSSR count). The molecule has 2 bridgehead atoms. The summed E-state index contributed by atoms with van der Waals surface area (Å²) < 4.78 is 18.4. The molecule has 0 N–H and O–H groups in total. The number of nitrogens with zero attached hydrogens (tertiary/aromatic N) is 3. The number of benzene rings is 2. The average molecular weight is 570 g/mol. The van der Waals surface area contributed by atoms with E-state index in [1.165, 1.54) is 0 Å². The summed E-state index contributed by atoms with van der Waals surface area (Å²) in [4.78, 5) is 18.1. The summed E-state index contributed by atoms with van der Waals surface area (Å²) >= 11 is 14.7. The quantitative estimate of drug-likeness (QED) is 0.205. The van der Waals surface area contributed by atoms with E-state index in [4.69, 9.17) is 42.2 Å². The van der Waals surface area contributed by atoms with E-state index in [0.29, 0.717) is 58.1 Å². The van der Waals surface area contributed by atoms with Crippen LogP contribution in [0.4, 0.5) is 5.13 Å². The maximum absolute atomic E-state index is 10.7. The molecule has 7 nitrogen and oxygen atoms in total. The second-order valence-corrected chi connectivity index (χ2v) is 12.1. The zero-order chi connectivity index (χ0) is 25.8. The van der Waals surface area contributed by atoms with E-state index in [9.17, 15) is 4.79 Å². The van der Waals surface area contributed by atoms with Crippen LogP contribution in [-0.4, -0.2) is 34.8 Å². The Morgan fingerprint density at radius 1 is 1.08 bits per heavy atom. The van der Waals surface area contributed by atoms with E-state index >= 15 is 0 Å². The van der Waals surface area contributed by atoms with Gasteiger partial charge in [0.1, 0.15) is 17.2 Å². The minimum atomic E-state index is 0.141. The molecule has 0 radical (unpaired) electrons. The van der Waals surface area contributed by atoms with Gasteiger partial charge in [0.2, 0.25) is 0 Å². The van der Waals surface area contributed by atoms with Crippen LogP contribution >= 0.6 is 34.5 Å². The van der Waals surface area contributed by atoms with Crippen molar-refractivity contribution >= 4 is 56.4 Å². The van der Waals surface area contributed by atoms with Crippen molar-refractivity contribution in [1.82, 2.24) is 10.1 Å². The number of rotatable bonds is 8. The molecule has 4 heterocycles. The Morgan fingerprint density at radius 3 is 2.55 bits per heavy atom. The van der Waals surface area contributed by atoms with Crippen molar-refractivity contribution in [2.24, 2.45) is 0 Å². The van der Waals surface area contributed by atoms with Crippen LogP contribution in [-0.2, 0) is 16.1 Å². The SMILES string of the molecule is O=COc1ccc2nc(N3[C@@H]4CC[C@H]3CC(OCc3c(-c5c(Cl)cccc5Cl)noc3C3CC3)C4)sc2c1. The predicted molar refractivity (Wildman–Crippen MR) is 147 cm³/mol. The molecule has 2 aromatic carbocycles. The first-order chi connectivity index (χ1) is 18.6. The standard InChI is InChI=1S/C28H25Cl2N3O4S/c29-21-2-1-3-22(30)25(21)26-20(27(37-32-26)15-4-5-15)13-35-19-10-16-6-7-17(11-19)33(16)28-31-23-9-8-18(36-14-34)12-24(23)38-28/h1-3,8-9,12,14-17,19H,4-7,10-11,13H2/t16-,17+,19?. The van der Waals surface area contributed by atoms with Crippen LogP contribution in [0.3, 0.4) is 0 Å². The minimum absolute atomic E-state index is 0.141. The van der Waals surface area contributed by atoms with Crippen molar-refractivity contribution in [2.75, 3.05) is 4.90 Å². The predicted octanol–water partition coefficient (Wildman–Crippen LogP) is 7.39. The summed E-state index contributed by atoms with van der Waals surface area (Å²) in [5, 5.41) is 6.54. The van der Waals surface area contributed by atoms with Crippen LogP contribution < -0.4 is 9.64 Å². The van der Waals surface area contributed by atoms with E-state index in [2.05, 4.69) is 10.1 Å². The van der Waals surface area contributed by atoms with Gasteiger partial charge in [0.15, 0.2) is 5.13 Å². The Labute approximate surface area is 233 Å². The number of fused-ring (bicyclic) bond motifs is 3. The van der Waals surface area contributed by atoms with Crippen molar-refractivity contribution in [3.63, 3.8) is 0 Å². The molecular weight excluding hydrogens is 545 g/mol. The first-order valence-electron chi connectivity index (χ1n) is 12.9. The van der Waals surface area contributed by atoms with Gasteiger partial charge in [0, 0.05) is 35.2 Å². The third-order valence-corrected chi connectivity index (χ3v) is 9.53. The summed E-state index contributed by atoms with van der Waals surface area (Å²) in [6.07, 6.45) is 6.48. The van der Waals surface area contributed by atoms with E-state index in [-0.39, 0.29) is 6.10 Å². The summed E-state index contributed by atoms with van der Waals surface area (Å²) in [5.74, 6) is 1.84. The third-order valence-electron chi connectivity index (χ3n) is 7.87. The Bertz CT molecular complexity index is 1480. The van der Waals surface area contributed by atoms with E-state index in [1.54, 1.807) is 17.4 Å². The molecule has 3 aliphatic rings. The average Bonchev–Trinajstić information content (AvgIpc) is 3.44. The molecular formula is C28H25Cl2N3O4S. The highest BCUT2D eigenvalue weighted by atomic mass is 35.5. The number of carbonyl (C=O) groups excluding carboxylic acids is 1. The smallest absolute Gasteiger partial charge is 0.298 e. The minimum Gasteiger partial charge on any atom is -0.429 e. The van der Waals surface area contributed by atoms with Gasteiger partial charge in [-0.05, 0) is 62.8 Å². The van der Waals surface area contributed by atoms with Crippen LogP contribution in [0.1, 0.15) is 55.8 Å². The molecule has 3 atom stereocenters. The van der Waals surface area contributed by atoms with Gasteiger partial charge in [-0.25, -0.2) is 4.98 Å². The highest BCUT2D eigenvalue weighted by Gasteiger charge is 2.43. The normalized spacial score (nSPS) is 22.8. The van der Waals surface area contributed by atoms with Crippen molar-refractivity contribution in [2.45, 2.75) is 69.2 Å². The van der Waals surface area contributed by atoms with Gasteiger partial charge in [0.25, 0.3) is 6.47 Å². The lowest BCUT2D eigenvalue weighted by atomic mass is 10.00. The summed E-state index contributed by atoms with van der Waals surface area (Å²) in [5.41, 5.74) is 3.29. The fourth-order valence-electron chi connectivity index (χ4n) is 5.96. The number of halogens is 2. The van der Waals surface area contributed by atoms with Crippen LogP contribution in [0.15, 0.2) is 40.9 Å². The van der Waals surface area contributed by atoms with Crippen LogP contribution in [0, 0.1) is 0 Å². The number of piperidine rings is 1. The lowest BCUT2D eigenvalue weighted by Crippen LogP contribution is -2.45. The van der Waals surface area contributed by atoms with Gasteiger partial charge in [-0.3, -0.25) is 4.79 Å². The number of hydrogen-bond donors (Lipinski definition) is 0. The molecule has 1 saturated carbocycles. The lowest BCUT2D eigenvalue weighted by Gasteiger charge is -2.38. The maximum Gasteiger partial charge on any atom is 0.298 e. The second-order valence-electron chi connectivity index (χ2n) is 10.3. The zero-order valence-corrected chi connectivity index (χ0v) is 22.8. The second kappa shape index (κ2) is 9.83. The number of thiazole rings is 1. The molecule has 2 saturated heterocycles. The number of hydrogen-bond acceptors (Lipinski definition) is 8. The van der Waals surface area contributed by atoms with Gasteiger partial charge >= 0.3 is 0 Å². The molecule has 10 heteroatoms.